The number of carbonyl (C=O) groups is 2. The molecule has 1 atom stereocenters. The van der Waals surface area contributed by atoms with Crippen LogP contribution in [-0.4, -0.2) is 41.5 Å². The SMILES string of the molecule is CC1CCc2c(sc(NC(=O)CN3CCC(C(=O)Nc4cc(Cl)ccc4O)CC3)c2C#N)C1. The molecule has 1 aliphatic heterocycles. The van der Waals surface area contributed by atoms with Crippen LogP contribution in [0.15, 0.2) is 18.2 Å². The number of hydrogen-bond acceptors (Lipinski definition) is 6. The summed E-state index contributed by atoms with van der Waals surface area (Å²) >= 11 is 7.47. The van der Waals surface area contributed by atoms with Gasteiger partial charge in [-0.15, -0.1) is 11.3 Å². The zero-order valence-corrected chi connectivity index (χ0v) is 20.1. The maximum Gasteiger partial charge on any atom is 0.239 e. The van der Waals surface area contributed by atoms with E-state index in [-0.39, 0.29) is 30.0 Å². The number of nitrogens with zero attached hydrogens (tertiary/aromatic N) is 2. The number of likely N-dealkylation sites (tertiary alicyclic amines) is 1. The van der Waals surface area contributed by atoms with Gasteiger partial charge in [-0.3, -0.25) is 14.5 Å². The Kier molecular flexibility index (Phi) is 7.23. The van der Waals surface area contributed by atoms with E-state index in [0.717, 1.165) is 24.8 Å². The number of nitriles is 1. The minimum Gasteiger partial charge on any atom is -0.506 e. The number of thiophene rings is 1. The fraction of sp³-hybridized carbons (Fsp3) is 0.458. The van der Waals surface area contributed by atoms with E-state index in [2.05, 4.69) is 23.6 Å². The van der Waals surface area contributed by atoms with Gasteiger partial charge in [0.05, 0.1) is 17.8 Å². The van der Waals surface area contributed by atoms with E-state index >= 15 is 0 Å². The monoisotopic (exact) mass is 486 g/mol. The van der Waals surface area contributed by atoms with Gasteiger partial charge in [-0.25, -0.2) is 0 Å². The number of phenolic OH excluding ortho intramolecular Hbond substituents is 1. The van der Waals surface area contributed by atoms with Crippen LogP contribution in [0.1, 0.15) is 42.2 Å². The summed E-state index contributed by atoms with van der Waals surface area (Å²) in [5.74, 6) is 0.0911. The van der Waals surface area contributed by atoms with Crippen molar-refractivity contribution in [2.75, 3.05) is 30.3 Å². The summed E-state index contributed by atoms with van der Waals surface area (Å²) in [5, 5.41) is 26.3. The molecule has 174 valence electrons. The minimum atomic E-state index is -0.195. The molecule has 33 heavy (non-hydrogen) atoms. The number of fused-ring (bicyclic) bond motifs is 1. The third-order valence-electron chi connectivity index (χ3n) is 6.42. The molecule has 0 spiro atoms. The molecule has 7 nitrogen and oxygen atoms in total. The lowest BCUT2D eigenvalue weighted by Crippen LogP contribution is -2.41. The third-order valence-corrected chi connectivity index (χ3v) is 7.82. The highest BCUT2D eigenvalue weighted by Gasteiger charge is 2.28. The number of phenols is 1. The van der Waals surface area contributed by atoms with Gasteiger partial charge in [-0.2, -0.15) is 5.26 Å². The predicted molar refractivity (Wildman–Crippen MR) is 130 cm³/mol. The Morgan fingerprint density at radius 3 is 2.76 bits per heavy atom. The predicted octanol–water partition coefficient (Wildman–Crippen LogP) is 4.39. The van der Waals surface area contributed by atoms with Gasteiger partial charge < -0.3 is 15.7 Å². The van der Waals surface area contributed by atoms with Crippen LogP contribution in [0.25, 0.3) is 0 Å². The van der Waals surface area contributed by atoms with Crippen molar-refractivity contribution >= 4 is 45.4 Å². The number of hydrogen-bond donors (Lipinski definition) is 3. The Labute approximate surface area is 202 Å². The van der Waals surface area contributed by atoms with Crippen LogP contribution in [0.4, 0.5) is 10.7 Å². The van der Waals surface area contributed by atoms with Crippen molar-refractivity contribution in [3.05, 3.63) is 39.2 Å². The molecule has 1 unspecified atom stereocenters. The van der Waals surface area contributed by atoms with Crippen molar-refractivity contribution < 1.29 is 14.7 Å². The zero-order chi connectivity index (χ0) is 23.5. The molecule has 4 rings (SSSR count). The van der Waals surface area contributed by atoms with E-state index in [1.165, 1.54) is 28.3 Å². The lowest BCUT2D eigenvalue weighted by Gasteiger charge is -2.30. The third kappa shape index (κ3) is 5.49. The lowest BCUT2D eigenvalue weighted by molar-refractivity contribution is -0.121. The van der Waals surface area contributed by atoms with E-state index < -0.39 is 0 Å². The van der Waals surface area contributed by atoms with Crippen LogP contribution in [-0.2, 0) is 22.4 Å². The first-order chi connectivity index (χ1) is 15.8. The van der Waals surface area contributed by atoms with Crippen LogP contribution in [0.2, 0.25) is 5.02 Å². The molecule has 0 radical (unpaired) electrons. The average Bonchev–Trinajstić information content (AvgIpc) is 3.12. The first-order valence-electron chi connectivity index (χ1n) is 11.2. The molecular weight excluding hydrogens is 460 g/mol. The van der Waals surface area contributed by atoms with Gasteiger partial charge in [0, 0.05) is 15.8 Å². The molecule has 1 saturated heterocycles. The van der Waals surface area contributed by atoms with Crippen LogP contribution >= 0.6 is 22.9 Å². The van der Waals surface area contributed by atoms with Crippen molar-refractivity contribution in [1.82, 2.24) is 4.90 Å². The van der Waals surface area contributed by atoms with Gasteiger partial charge in [0.1, 0.15) is 16.8 Å². The largest absolute Gasteiger partial charge is 0.506 e. The highest BCUT2D eigenvalue weighted by Crippen LogP contribution is 2.39. The Balaban J connectivity index is 1.29. The molecule has 1 fully saturated rings. The summed E-state index contributed by atoms with van der Waals surface area (Å²) in [6.07, 6.45) is 4.18. The van der Waals surface area contributed by atoms with Crippen LogP contribution < -0.4 is 10.6 Å². The second-order valence-corrected chi connectivity index (χ2v) is 10.5. The number of amides is 2. The summed E-state index contributed by atoms with van der Waals surface area (Å²) < 4.78 is 0. The van der Waals surface area contributed by atoms with Crippen molar-refractivity contribution in [3.63, 3.8) is 0 Å². The molecule has 0 saturated carbocycles. The van der Waals surface area contributed by atoms with Crippen molar-refractivity contribution in [3.8, 4) is 11.8 Å². The van der Waals surface area contributed by atoms with Gasteiger partial charge in [-0.05, 0) is 74.9 Å². The number of benzene rings is 1. The molecule has 1 aromatic carbocycles. The van der Waals surface area contributed by atoms with Crippen LogP contribution in [0, 0.1) is 23.2 Å². The molecule has 2 amide bonds. The first kappa shape index (κ1) is 23.6. The van der Waals surface area contributed by atoms with E-state index in [4.69, 9.17) is 11.6 Å². The Morgan fingerprint density at radius 1 is 1.27 bits per heavy atom. The number of rotatable bonds is 5. The molecule has 2 heterocycles. The fourth-order valence-electron chi connectivity index (χ4n) is 4.52. The number of aromatic hydroxyl groups is 1. The Bertz CT molecular complexity index is 1100. The first-order valence-corrected chi connectivity index (χ1v) is 12.4. The van der Waals surface area contributed by atoms with Gasteiger partial charge in [0.2, 0.25) is 11.8 Å². The molecule has 9 heteroatoms. The van der Waals surface area contributed by atoms with E-state index in [1.54, 1.807) is 6.07 Å². The zero-order valence-electron chi connectivity index (χ0n) is 18.5. The highest BCUT2D eigenvalue weighted by molar-refractivity contribution is 7.16. The normalized spacial score (nSPS) is 18.9. The van der Waals surface area contributed by atoms with E-state index in [9.17, 15) is 20.0 Å². The van der Waals surface area contributed by atoms with Crippen molar-refractivity contribution in [2.24, 2.45) is 11.8 Å². The lowest BCUT2D eigenvalue weighted by atomic mass is 9.89. The average molecular weight is 487 g/mol. The maximum absolute atomic E-state index is 12.7. The number of anilines is 2. The van der Waals surface area contributed by atoms with E-state index in [1.807, 2.05) is 4.90 Å². The molecule has 2 aliphatic rings. The van der Waals surface area contributed by atoms with Gasteiger partial charge in [0.15, 0.2) is 0 Å². The fourth-order valence-corrected chi connectivity index (χ4v) is 6.07. The Hall–Kier alpha value is -2.60. The quantitative estimate of drug-likeness (QED) is 0.543. The van der Waals surface area contributed by atoms with Crippen LogP contribution in [0.3, 0.4) is 0 Å². The van der Waals surface area contributed by atoms with Gasteiger partial charge in [0.25, 0.3) is 0 Å². The topological polar surface area (TPSA) is 105 Å². The summed E-state index contributed by atoms with van der Waals surface area (Å²) in [4.78, 5) is 28.5. The van der Waals surface area contributed by atoms with Crippen LogP contribution in [0.5, 0.6) is 5.75 Å². The smallest absolute Gasteiger partial charge is 0.239 e. The second kappa shape index (κ2) is 10.1. The van der Waals surface area contributed by atoms with Gasteiger partial charge >= 0.3 is 0 Å². The number of carbonyl (C=O) groups excluding carboxylic acids is 2. The molecule has 1 aromatic heterocycles. The number of halogens is 1. The molecular formula is C24H27ClN4O3S. The molecule has 2 aromatic rings. The molecule has 0 bridgehead atoms. The maximum atomic E-state index is 12.7. The summed E-state index contributed by atoms with van der Waals surface area (Å²) in [5.41, 5.74) is 2.03. The molecule has 1 aliphatic carbocycles. The van der Waals surface area contributed by atoms with Gasteiger partial charge in [-0.1, -0.05) is 18.5 Å². The summed E-state index contributed by atoms with van der Waals surface area (Å²) in [6.45, 7) is 3.69. The van der Waals surface area contributed by atoms with E-state index in [0.29, 0.717) is 53.1 Å². The standard InChI is InChI=1S/C24H27ClN4O3S/c1-14-2-4-17-18(12-26)24(33-21(17)10-14)28-22(31)13-29-8-6-15(7-9-29)23(32)27-19-11-16(25)3-5-20(19)30/h3,5,11,14-15,30H,2,4,6-10,13H2,1H3,(H,27,32)(H,28,31). The Morgan fingerprint density at radius 2 is 2.03 bits per heavy atom. The van der Waals surface area contributed by atoms with Crippen molar-refractivity contribution in [1.29, 1.82) is 5.26 Å². The summed E-state index contributed by atoms with van der Waals surface area (Å²) in [6, 6.07) is 6.81. The number of nitrogens with one attached hydrogen (secondary N) is 2. The summed E-state index contributed by atoms with van der Waals surface area (Å²) in [7, 11) is 0. The molecule has 3 N–H and O–H groups in total. The second-order valence-electron chi connectivity index (χ2n) is 8.92. The highest BCUT2D eigenvalue weighted by atomic mass is 35.5. The van der Waals surface area contributed by atoms with Crippen molar-refractivity contribution in [2.45, 2.75) is 39.0 Å². The number of piperidine rings is 1. The minimum absolute atomic E-state index is 0.0247.